The van der Waals surface area contributed by atoms with Crippen LogP contribution in [0.1, 0.15) is 205 Å². The van der Waals surface area contributed by atoms with Gasteiger partial charge in [0.1, 0.15) is 0 Å². The molecular formula is C40H80. The van der Waals surface area contributed by atoms with Crippen molar-refractivity contribution >= 4 is 0 Å². The molecular weight excluding hydrogens is 480 g/mol. The van der Waals surface area contributed by atoms with E-state index in [0.717, 1.165) is 40.9 Å². The zero-order valence-corrected chi connectivity index (χ0v) is 30.4. The molecule has 0 aromatic carbocycles. The Balaban J connectivity index is 0.000000242. The monoisotopic (exact) mass is 561 g/mol. The lowest BCUT2D eigenvalue weighted by molar-refractivity contribution is 0.244. The van der Waals surface area contributed by atoms with Crippen molar-refractivity contribution in [2.75, 3.05) is 0 Å². The Labute approximate surface area is 256 Å². The van der Waals surface area contributed by atoms with Crippen LogP contribution < -0.4 is 0 Å². The SMILES string of the molecule is CC1(C)CC1.CC1(C)CCCC1.CC1(C)CCCCC1.CC1CC1C.CC1CCCC1C.CC1CCCCC1C. The highest BCUT2D eigenvalue weighted by atomic mass is 14.4. The highest BCUT2D eigenvalue weighted by Gasteiger charge is 2.30. The number of hydrogen-bond donors (Lipinski definition) is 0. The summed E-state index contributed by atoms with van der Waals surface area (Å²) in [6.45, 7) is 28.1. The van der Waals surface area contributed by atoms with Gasteiger partial charge in [-0.3, -0.25) is 0 Å². The molecule has 240 valence electrons. The zero-order valence-electron chi connectivity index (χ0n) is 30.4. The van der Waals surface area contributed by atoms with Crippen LogP contribution in [-0.4, -0.2) is 0 Å². The highest BCUT2D eigenvalue weighted by Crippen LogP contribution is 2.43. The predicted octanol–water partition coefficient (Wildman–Crippen LogP) is 14.3. The molecule has 0 aromatic rings. The zero-order chi connectivity index (χ0) is 30.4. The Morgan fingerprint density at radius 1 is 0.300 bits per heavy atom. The summed E-state index contributed by atoms with van der Waals surface area (Å²) in [5.41, 5.74) is 2.12. The average molecular weight is 561 g/mol. The Kier molecular flexibility index (Phi) is 17.7. The van der Waals surface area contributed by atoms with Gasteiger partial charge in [0.05, 0.1) is 0 Å². The third-order valence-corrected chi connectivity index (χ3v) is 11.8. The molecule has 0 N–H and O–H groups in total. The maximum absolute atomic E-state index is 2.38. The van der Waals surface area contributed by atoms with E-state index in [2.05, 4.69) is 83.1 Å². The van der Waals surface area contributed by atoms with E-state index < -0.39 is 0 Å². The summed E-state index contributed by atoms with van der Waals surface area (Å²) in [6.07, 6.45) is 27.8. The fourth-order valence-electron chi connectivity index (χ4n) is 6.43. The second-order valence-electron chi connectivity index (χ2n) is 18.1. The molecule has 6 rings (SSSR count). The van der Waals surface area contributed by atoms with Gasteiger partial charge in [-0.15, -0.1) is 0 Å². The molecule has 6 aliphatic rings. The van der Waals surface area contributed by atoms with Crippen molar-refractivity contribution in [3.8, 4) is 0 Å². The molecule has 40 heavy (non-hydrogen) atoms. The Morgan fingerprint density at radius 2 is 0.525 bits per heavy atom. The predicted molar refractivity (Wildman–Crippen MR) is 184 cm³/mol. The largest absolute Gasteiger partial charge is 0.0623 e. The first-order valence-electron chi connectivity index (χ1n) is 18.5. The van der Waals surface area contributed by atoms with Gasteiger partial charge in [-0.25, -0.2) is 0 Å². The van der Waals surface area contributed by atoms with Crippen LogP contribution in [0.3, 0.4) is 0 Å². The minimum absolute atomic E-state index is 0.679. The van der Waals surface area contributed by atoms with Crippen LogP contribution in [0.25, 0.3) is 0 Å². The standard InChI is InChI=1S/2C8H16.2C7H14.2C5H10/c1-8(2)6-4-3-5-7-8;1-7-5-3-4-6-8(7)2;1-7(2)5-3-4-6-7;1-6-4-3-5-7(6)2;1-5(2)3-4-5;1-4-3-5(4)2/h3-7H2,1-2H3;7-8H,3-6H2,1-2H3;3-6H2,1-2H3;6-7H,3-5H2,1-2H3;3-4H2,1-2H3;4-5H,3H2,1-2H3. The summed E-state index contributed by atoms with van der Waals surface area (Å²) in [5, 5.41) is 0. The van der Waals surface area contributed by atoms with E-state index in [9.17, 15) is 0 Å². The van der Waals surface area contributed by atoms with Crippen LogP contribution >= 0.6 is 0 Å². The van der Waals surface area contributed by atoms with Gasteiger partial charge in [0.15, 0.2) is 0 Å². The Hall–Kier alpha value is 0. The van der Waals surface area contributed by atoms with Gasteiger partial charge in [0, 0.05) is 0 Å². The van der Waals surface area contributed by atoms with Crippen LogP contribution in [0.4, 0.5) is 0 Å². The molecule has 6 unspecified atom stereocenters. The molecule has 6 atom stereocenters. The molecule has 0 amide bonds. The molecule has 0 aromatic heterocycles. The molecule has 0 radical (unpaired) electrons. The van der Waals surface area contributed by atoms with Gasteiger partial charge >= 0.3 is 0 Å². The third kappa shape index (κ3) is 20.0. The third-order valence-electron chi connectivity index (χ3n) is 11.8. The molecule has 0 spiro atoms. The van der Waals surface area contributed by atoms with E-state index in [1.807, 2.05) is 0 Å². The lowest BCUT2D eigenvalue weighted by Gasteiger charge is -2.28. The van der Waals surface area contributed by atoms with Gasteiger partial charge in [0.2, 0.25) is 0 Å². The second kappa shape index (κ2) is 18.6. The van der Waals surface area contributed by atoms with Gasteiger partial charge in [-0.1, -0.05) is 160 Å². The molecule has 0 heteroatoms. The molecule has 6 saturated carbocycles. The first-order valence-corrected chi connectivity index (χ1v) is 18.5. The van der Waals surface area contributed by atoms with E-state index in [-0.39, 0.29) is 0 Å². The summed E-state index contributed by atoms with van der Waals surface area (Å²) in [5.74, 6) is 6.14. The van der Waals surface area contributed by atoms with Crippen LogP contribution in [0.2, 0.25) is 0 Å². The molecule has 0 bridgehead atoms. The average Bonchev–Trinajstić information content (AvgIpc) is 3.62. The second-order valence-corrected chi connectivity index (χ2v) is 18.1. The van der Waals surface area contributed by atoms with Crippen LogP contribution in [0, 0.1) is 51.8 Å². The maximum atomic E-state index is 2.38. The molecule has 0 saturated heterocycles. The lowest BCUT2D eigenvalue weighted by Crippen LogP contribution is -2.14. The highest BCUT2D eigenvalue weighted by molar-refractivity contribution is 4.82. The van der Waals surface area contributed by atoms with E-state index in [4.69, 9.17) is 0 Å². The fourth-order valence-corrected chi connectivity index (χ4v) is 6.43. The molecule has 6 fully saturated rings. The van der Waals surface area contributed by atoms with Gasteiger partial charge in [-0.05, 0) is 96.7 Å². The first kappa shape index (κ1) is 38.0. The van der Waals surface area contributed by atoms with Crippen LogP contribution in [0.5, 0.6) is 0 Å². The summed E-state index contributed by atoms with van der Waals surface area (Å²) in [4.78, 5) is 0. The van der Waals surface area contributed by atoms with Gasteiger partial charge in [0.25, 0.3) is 0 Å². The van der Waals surface area contributed by atoms with E-state index in [0.29, 0.717) is 10.8 Å². The summed E-state index contributed by atoms with van der Waals surface area (Å²) in [7, 11) is 0. The molecule has 0 aliphatic heterocycles. The first-order chi connectivity index (χ1) is 18.5. The summed E-state index contributed by atoms with van der Waals surface area (Å²) < 4.78 is 0. The Bertz CT molecular complexity index is 578. The van der Waals surface area contributed by atoms with Crippen LogP contribution in [-0.2, 0) is 0 Å². The maximum Gasteiger partial charge on any atom is -0.0354 e. The smallest absolute Gasteiger partial charge is 0.0354 e. The van der Waals surface area contributed by atoms with Gasteiger partial charge < -0.3 is 0 Å². The lowest BCUT2D eigenvalue weighted by atomic mass is 9.78. The van der Waals surface area contributed by atoms with E-state index in [1.165, 1.54) is 122 Å². The topological polar surface area (TPSA) is 0 Å². The quantitative estimate of drug-likeness (QED) is 0.276. The molecule has 0 nitrogen and oxygen atoms in total. The van der Waals surface area contributed by atoms with Crippen molar-refractivity contribution in [1.29, 1.82) is 0 Å². The van der Waals surface area contributed by atoms with Crippen molar-refractivity contribution < 1.29 is 0 Å². The minimum Gasteiger partial charge on any atom is -0.0623 e. The molecule has 6 aliphatic carbocycles. The molecule has 0 heterocycles. The van der Waals surface area contributed by atoms with Gasteiger partial charge in [-0.2, -0.15) is 0 Å². The minimum atomic E-state index is 0.679. The fraction of sp³-hybridized carbons (Fsp3) is 1.00. The van der Waals surface area contributed by atoms with Crippen molar-refractivity contribution in [2.24, 2.45) is 51.8 Å². The van der Waals surface area contributed by atoms with E-state index in [1.54, 1.807) is 0 Å². The van der Waals surface area contributed by atoms with Crippen molar-refractivity contribution in [2.45, 2.75) is 205 Å². The van der Waals surface area contributed by atoms with Crippen molar-refractivity contribution in [3.63, 3.8) is 0 Å². The Morgan fingerprint density at radius 3 is 0.650 bits per heavy atom. The van der Waals surface area contributed by atoms with Crippen molar-refractivity contribution in [3.05, 3.63) is 0 Å². The summed E-state index contributed by atoms with van der Waals surface area (Å²) >= 11 is 0. The summed E-state index contributed by atoms with van der Waals surface area (Å²) in [6, 6.07) is 0. The van der Waals surface area contributed by atoms with Crippen LogP contribution in [0.15, 0.2) is 0 Å². The van der Waals surface area contributed by atoms with E-state index >= 15 is 0 Å². The normalized spacial score (nSPS) is 35.7. The number of rotatable bonds is 0. The van der Waals surface area contributed by atoms with Crippen molar-refractivity contribution in [1.82, 2.24) is 0 Å². The number of hydrogen-bond acceptors (Lipinski definition) is 0.